The Balaban J connectivity index is 1.76. The summed E-state index contributed by atoms with van der Waals surface area (Å²) in [5, 5.41) is 3.28. The molecule has 0 saturated heterocycles. The number of para-hydroxylation sites is 1. The molecule has 1 aliphatic carbocycles. The van der Waals surface area contributed by atoms with Crippen LogP contribution in [-0.2, 0) is 16.6 Å². The zero-order valence-electron chi connectivity index (χ0n) is 20.4. The number of nitrogens with zero attached hydrogens (tertiary/aromatic N) is 3. The Morgan fingerprint density at radius 1 is 0.886 bits per heavy atom. The number of ketones is 2. The molecule has 0 aliphatic heterocycles. The predicted octanol–water partition coefficient (Wildman–Crippen LogP) is 5.44. The number of hydrogen-bond donors (Lipinski definition) is 0. The molecule has 4 aromatic rings. The summed E-state index contributed by atoms with van der Waals surface area (Å²) in [6.45, 7) is 1.77. The van der Waals surface area contributed by atoms with Gasteiger partial charge in [0.2, 0.25) is 0 Å². The van der Waals surface area contributed by atoms with Crippen molar-refractivity contribution in [1.82, 2.24) is 9.47 Å². The minimum Gasteiger partial charge on any atom is -0.373 e. The zero-order valence-corrected chi connectivity index (χ0v) is 21.2. The molecule has 0 N–H and O–H groups in total. The minimum absolute atomic E-state index is 0.136. The molecule has 5 rings (SSSR count). The van der Waals surface area contributed by atoms with Crippen LogP contribution in [0.1, 0.15) is 17.5 Å². The van der Waals surface area contributed by atoms with E-state index >= 15 is 0 Å². The number of anilines is 1. The summed E-state index contributed by atoms with van der Waals surface area (Å²) in [4.78, 5) is 30.9. The van der Waals surface area contributed by atoms with Crippen LogP contribution in [0.15, 0.2) is 60.8 Å². The molecule has 0 unspecified atom stereocenters. The number of Topliss-reactive ketones (excluding diaryl/α,β-unsaturated/α-hetero) is 2. The number of rotatable bonds is 6. The standard InChI is InChI=1S/C29H28ClN3O2/c1-31(2)13-14-32(3)19-11-9-18-10-12-23(30)27(21(18)15-19)29-26(35)16-25(34)28(29)22-17-33(4)24-8-6-5-7-20(22)24/h5-12,15,17H,13-14,16H2,1-4H3. The third-order valence-electron chi connectivity index (χ3n) is 6.82. The largest absolute Gasteiger partial charge is 0.373 e. The lowest BCUT2D eigenvalue weighted by Gasteiger charge is -2.22. The number of aryl methyl sites for hydroxylation is 1. The molecular weight excluding hydrogens is 458 g/mol. The van der Waals surface area contributed by atoms with Crippen LogP contribution >= 0.6 is 11.6 Å². The van der Waals surface area contributed by atoms with Crippen LogP contribution in [0.4, 0.5) is 5.69 Å². The van der Waals surface area contributed by atoms with Crippen molar-refractivity contribution >= 4 is 61.7 Å². The fourth-order valence-electron chi connectivity index (χ4n) is 4.94. The van der Waals surface area contributed by atoms with E-state index in [4.69, 9.17) is 11.6 Å². The summed E-state index contributed by atoms with van der Waals surface area (Å²) < 4.78 is 1.99. The molecule has 0 bridgehead atoms. The Morgan fingerprint density at radius 3 is 2.37 bits per heavy atom. The van der Waals surface area contributed by atoms with Gasteiger partial charge in [-0.25, -0.2) is 0 Å². The van der Waals surface area contributed by atoms with Crippen LogP contribution < -0.4 is 4.90 Å². The second-order valence-corrected chi connectivity index (χ2v) is 9.90. The van der Waals surface area contributed by atoms with E-state index < -0.39 is 0 Å². The molecule has 0 fully saturated rings. The van der Waals surface area contributed by atoms with Crippen molar-refractivity contribution < 1.29 is 9.59 Å². The number of carbonyl (C=O) groups excluding carboxylic acids is 2. The van der Waals surface area contributed by atoms with Gasteiger partial charge in [0.25, 0.3) is 0 Å². The average Bonchev–Trinajstić information content (AvgIpc) is 3.31. The molecule has 3 aromatic carbocycles. The highest BCUT2D eigenvalue weighted by molar-refractivity contribution is 6.54. The maximum absolute atomic E-state index is 13.3. The predicted molar refractivity (Wildman–Crippen MR) is 145 cm³/mol. The number of hydrogen-bond acceptors (Lipinski definition) is 4. The molecule has 35 heavy (non-hydrogen) atoms. The molecule has 178 valence electrons. The summed E-state index contributed by atoms with van der Waals surface area (Å²) in [6.07, 6.45) is 1.80. The fraction of sp³-hybridized carbons (Fsp3) is 0.241. The van der Waals surface area contributed by atoms with Crippen molar-refractivity contribution in [2.24, 2.45) is 7.05 Å². The van der Waals surface area contributed by atoms with Crippen LogP contribution in [-0.4, -0.2) is 55.3 Å². The van der Waals surface area contributed by atoms with Gasteiger partial charge in [0.1, 0.15) is 0 Å². The van der Waals surface area contributed by atoms with Gasteiger partial charge in [-0.05, 0) is 49.1 Å². The SMILES string of the molecule is CN(C)CCN(C)c1ccc2ccc(Cl)c(C3=C(c4cn(C)c5ccccc45)C(=O)CC3=O)c2c1. The first kappa shape index (κ1) is 23.3. The van der Waals surface area contributed by atoms with Crippen molar-refractivity contribution in [2.45, 2.75) is 6.42 Å². The summed E-state index contributed by atoms with van der Waals surface area (Å²) in [5.74, 6) is -0.340. The molecule has 6 heteroatoms. The molecule has 0 amide bonds. The first-order valence-corrected chi connectivity index (χ1v) is 12.1. The second-order valence-electron chi connectivity index (χ2n) is 9.50. The van der Waals surface area contributed by atoms with Gasteiger partial charge in [-0.2, -0.15) is 0 Å². The lowest BCUT2D eigenvalue weighted by molar-refractivity contribution is -0.119. The van der Waals surface area contributed by atoms with E-state index in [9.17, 15) is 9.59 Å². The molecule has 1 heterocycles. The zero-order chi connectivity index (χ0) is 24.9. The smallest absolute Gasteiger partial charge is 0.172 e. The molecule has 0 saturated carbocycles. The van der Waals surface area contributed by atoms with E-state index in [1.807, 2.05) is 54.2 Å². The lowest BCUT2D eigenvalue weighted by atomic mass is 9.92. The summed E-state index contributed by atoms with van der Waals surface area (Å²) in [5.41, 5.74) is 4.36. The van der Waals surface area contributed by atoms with E-state index in [1.54, 1.807) is 0 Å². The van der Waals surface area contributed by atoms with E-state index in [-0.39, 0.29) is 18.0 Å². The van der Waals surface area contributed by atoms with Crippen molar-refractivity contribution in [3.8, 4) is 0 Å². The molecular formula is C29H28ClN3O2. The van der Waals surface area contributed by atoms with Crippen LogP contribution in [0, 0.1) is 0 Å². The van der Waals surface area contributed by atoms with Gasteiger partial charge in [0, 0.05) is 77.3 Å². The summed E-state index contributed by atoms with van der Waals surface area (Å²) in [7, 11) is 8.11. The molecule has 0 spiro atoms. The van der Waals surface area contributed by atoms with E-state index in [2.05, 4.69) is 49.1 Å². The maximum Gasteiger partial charge on any atom is 0.172 e. The Labute approximate surface area is 210 Å². The quantitative estimate of drug-likeness (QED) is 0.341. The van der Waals surface area contributed by atoms with Crippen LogP contribution in [0.2, 0.25) is 5.02 Å². The van der Waals surface area contributed by atoms with E-state index in [0.717, 1.165) is 46.0 Å². The van der Waals surface area contributed by atoms with Crippen LogP contribution in [0.5, 0.6) is 0 Å². The van der Waals surface area contributed by atoms with Gasteiger partial charge in [-0.1, -0.05) is 41.9 Å². The van der Waals surface area contributed by atoms with Crippen molar-refractivity contribution in [3.05, 3.63) is 76.9 Å². The van der Waals surface area contributed by atoms with Crippen molar-refractivity contribution in [3.63, 3.8) is 0 Å². The first-order valence-electron chi connectivity index (χ1n) is 11.7. The number of benzene rings is 3. The lowest BCUT2D eigenvalue weighted by Crippen LogP contribution is -2.28. The number of fused-ring (bicyclic) bond motifs is 2. The van der Waals surface area contributed by atoms with Crippen molar-refractivity contribution in [1.29, 1.82) is 0 Å². The number of carbonyl (C=O) groups is 2. The molecule has 5 nitrogen and oxygen atoms in total. The van der Waals surface area contributed by atoms with Crippen LogP contribution in [0.3, 0.4) is 0 Å². The van der Waals surface area contributed by atoms with Gasteiger partial charge in [0.05, 0.1) is 6.42 Å². The first-order chi connectivity index (χ1) is 16.8. The highest BCUT2D eigenvalue weighted by Gasteiger charge is 2.35. The third kappa shape index (κ3) is 4.05. The van der Waals surface area contributed by atoms with Crippen molar-refractivity contribution in [2.75, 3.05) is 39.1 Å². The minimum atomic E-state index is -0.182. The van der Waals surface area contributed by atoms with E-state index in [1.165, 1.54) is 0 Å². The van der Waals surface area contributed by atoms with Crippen LogP contribution in [0.25, 0.3) is 32.8 Å². The number of allylic oxidation sites excluding steroid dienone is 2. The van der Waals surface area contributed by atoms with Gasteiger partial charge >= 0.3 is 0 Å². The Bertz CT molecular complexity index is 1530. The summed E-state index contributed by atoms with van der Waals surface area (Å²) >= 11 is 6.78. The Hall–Kier alpha value is -3.41. The molecule has 0 radical (unpaired) electrons. The van der Waals surface area contributed by atoms with Gasteiger partial charge in [-0.3, -0.25) is 9.59 Å². The number of aromatic nitrogens is 1. The molecule has 1 aromatic heterocycles. The molecule has 0 atom stereocenters. The van der Waals surface area contributed by atoms with E-state index in [0.29, 0.717) is 21.7 Å². The highest BCUT2D eigenvalue weighted by Crippen LogP contribution is 2.43. The van der Waals surface area contributed by atoms with Gasteiger partial charge < -0.3 is 14.4 Å². The Morgan fingerprint density at radius 2 is 1.60 bits per heavy atom. The highest BCUT2D eigenvalue weighted by atomic mass is 35.5. The monoisotopic (exact) mass is 485 g/mol. The van der Waals surface area contributed by atoms with Gasteiger partial charge in [0.15, 0.2) is 11.6 Å². The fourth-order valence-corrected chi connectivity index (χ4v) is 5.20. The van der Waals surface area contributed by atoms with Gasteiger partial charge in [-0.15, -0.1) is 0 Å². The Kier molecular flexibility index (Phi) is 5.99. The normalized spacial score (nSPS) is 14.2. The maximum atomic E-state index is 13.3. The number of halogens is 1. The topological polar surface area (TPSA) is 45.5 Å². The average molecular weight is 486 g/mol. The third-order valence-corrected chi connectivity index (χ3v) is 7.14. The second kappa shape index (κ2) is 8.99. The number of likely N-dealkylation sites (N-methyl/N-ethyl adjacent to an activating group) is 2. The summed E-state index contributed by atoms with van der Waals surface area (Å²) in [6, 6.07) is 17.9. The molecule has 1 aliphatic rings.